The molecule has 0 saturated carbocycles. The third kappa shape index (κ3) is 1.50. The van der Waals surface area contributed by atoms with Gasteiger partial charge in [0.25, 0.3) is 0 Å². The topological polar surface area (TPSA) is 30.9 Å². The summed E-state index contributed by atoms with van der Waals surface area (Å²) in [6.07, 6.45) is 1.93. The molecule has 0 unspecified atom stereocenters. The van der Waals surface area contributed by atoms with Gasteiger partial charge in [-0.1, -0.05) is 12.1 Å². The molecule has 1 aromatic carbocycles. The molecule has 0 amide bonds. The van der Waals surface area contributed by atoms with Crippen LogP contribution in [0.4, 0.5) is 5.69 Å². The van der Waals surface area contributed by atoms with E-state index in [0.717, 1.165) is 15.3 Å². The molecule has 66 valence electrons. The standard InChI is InChI=1S/C9H8N2S2/c10-7-3-1-2-4-8(7)11-5-6-13-9(11)12/h1-6H,10H2. The Morgan fingerprint density at radius 1 is 1.31 bits per heavy atom. The fourth-order valence-corrected chi connectivity index (χ4v) is 2.05. The van der Waals surface area contributed by atoms with E-state index in [2.05, 4.69) is 0 Å². The molecule has 2 rings (SSSR count). The van der Waals surface area contributed by atoms with Crippen LogP contribution in [0.1, 0.15) is 0 Å². The Hall–Kier alpha value is -1.13. The fourth-order valence-electron chi connectivity index (χ4n) is 1.15. The summed E-state index contributed by atoms with van der Waals surface area (Å²) in [7, 11) is 0. The third-order valence-corrected chi connectivity index (χ3v) is 2.91. The van der Waals surface area contributed by atoms with E-state index < -0.39 is 0 Å². The highest BCUT2D eigenvalue weighted by molar-refractivity contribution is 7.73. The molecular formula is C9H8N2S2. The summed E-state index contributed by atoms with van der Waals surface area (Å²) < 4.78 is 2.73. The van der Waals surface area contributed by atoms with Crippen molar-refractivity contribution in [3.63, 3.8) is 0 Å². The van der Waals surface area contributed by atoms with Crippen LogP contribution in [0.15, 0.2) is 35.8 Å². The maximum atomic E-state index is 5.82. The first-order chi connectivity index (χ1) is 6.29. The summed E-state index contributed by atoms with van der Waals surface area (Å²) in [5.41, 5.74) is 7.52. The summed E-state index contributed by atoms with van der Waals surface area (Å²) in [6.45, 7) is 0. The van der Waals surface area contributed by atoms with Crippen LogP contribution >= 0.6 is 23.6 Å². The SMILES string of the molecule is Nc1ccccc1-n1ccsc1=S. The molecule has 2 nitrogen and oxygen atoms in total. The number of nitrogen functional groups attached to an aromatic ring is 1. The predicted molar refractivity (Wildman–Crippen MR) is 58.9 cm³/mol. The quantitative estimate of drug-likeness (QED) is 0.577. The van der Waals surface area contributed by atoms with Gasteiger partial charge in [0.2, 0.25) is 0 Å². The molecule has 0 fully saturated rings. The van der Waals surface area contributed by atoms with Gasteiger partial charge in [-0.2, -0.15) is 0 Å². The molecule has 1 heterocycles. The molecule has 2 N–H and O–H groups in total. The summed E-state index contributed by atoms with van der Waals surface area (Å²) >= 11 is 6.68. The van der Waals surface area contributed by atoms with Gasteiger partial charge in [-0.25, -0.2) is 0 Å². The summed E-state index contributed by atoms with van der Waals surface area (Å²) in [5, 5.41) is 1.95. The average Bonchev–Trinajstić information content (AvgIpc) is 2.52. The lowest BCUT2D eigenvalue weighted by Crippen LogP contribution is -1.97. The van der Waals surface area contributed by atoms with Gasteiger partial charge < -0.3 is 5.73 Å². The lowest BCUT2D eigenvalue weighted by Gasteiger charge is -2.04. The number of para-hydroxylation sites is 2. The molecule has 0 aliphatic heterocycles. The van der Waals surface area contributed by atoms with E-state index in [1.807, 2.05) is 40.4 Å². The van der Waals surface area contributed by atoms with Crippen LogP contribution in [0.25, 0.3) is 5.69 Å². The molecule has 0 aliphatic rings. The summed E-state index contributed by atoms with van der Waals surface area (Å²) in [6, 6.07) is 7.69. The van der Waals surface area contributed by atoms with E-state index in [4.69, 9.17) is 18.0 Å². The molecule has 0 spiro atoms. The zero-order valence-corrected chi connectivity index (χ0v) is 8.44. The van der Waals surface area contributed by atoms with Crippen molar-refractivity contribution in [1.29, 1.82) is 0 Å². The molecule has 0 bridgehead atoms. The normalized spacial score (nSPS) is 10.2. The minimum Gasteiger partial charge on any atom is -0.397 e. The largest absolute Gasteiger partial charge is 0.397 e. The van der Waals surface area contributed by atoms with E-state index in [1.54, 1.807) is 0 Å². The minimum atomic E-state index is 0.747. The first kappa shape index (κ1) is 8.47. The van der Waals surface area contributed by atoms with Gasteiger partial charge in [-0.15, -0.1) is 11.3 Å². The van der Waals surface area contributed by atoms with Gasteiger partial charge in [0.05, 0.1) is 11.4 Å². The van der Waals surface area contributed by atoms with Gasteiger partial charge in [-0.3, -0.25) is 4.57 Å². The highest BCUT2D eigenvalue weighted by atomic mass is 32.1. The van der Waals surface area contributed by atoms with Crippen LogP contribution in [0.2, 0.25) is 0 Å². The number of rotatable bonds is 1. The smallest absolute Gasteiger partial charge is 0.165 e. The molecule has 0 saturated heterocycles. The van der Waals surface area contributed by atoms with E-state index in [9.17, 15) is 0 Å². The first-order valence-corrected chi connectivity index (χ1v) is 5.09. The number of anilines is 1. The van der Waals surface area contributed by atoms with Crippen molar-refractivity contribution in [2.24, 2.45) is 0 Å². The Balaban J connectivity index is 2.66. The monoisotopic (exact) mass is 208 g/mol. The molecule has 13 heavy (non-hydrogen) atoms. The second-order valence-electron chi connectivity index (χ2n) is 2.60. The lowest BCUT2D eigenvalue weighted by atomic mass is 10.3. The fraction of sp³-hybridized carbons (Fsp3) is 0. The van der Waals surface area contributed by atoms with E-state index in [0.29, 0.717) is 0 Å². The summed E-state index contributed by atoms with van der Waals surface area (Å²) in [5.74, 6) is 0. The number of hydrogen-bond acceptors (Lipinski definition) is 3. The van der Waals surface area contributed by atoms with Crippen molar-refractivity contribution in [3.8, 4) is 5.69 Å². The Labute approximate surface area is 85.3 Å². The Kier molecular flexibility index (Phi) is 2.16. The van der Waals surface area contributed by atoms with Gasteiger partial charge in [0, 0.05) is 11.6 Å². The van der Waals surface area contributed by atoms with Crippen molar-refractivity contribution < 1.29 is 0 Å². The van der Waals surface area contributed by atoms with Gasteiger partial charge in [0.15, 0.2) is 3.95 Å². The van der Waals surface area contributed by atoms with Crippen LogP contribution < -0.4 is 5.73 Å². The van der Waals surface area contributed by atoms with Crippen LogP contribution in [-0.2, 0) is 0 Å². The van der Waals surface area contributed by atoms with Crippen molar-refractivity contribution in [2.75, 3.05) is 5.73 Å². The second kappa shape index (κ2) is 3.32. The minimum absolute atomic E-state index is 0.747. The summed E-state index contributed by atoms with van der Waals surface area (Å²) in [4.78, 5) is 0. The van der Waals surface area contributed by atoms with Crippen molar-refractivity contribution in [3.05, 3.63) is 39.8 Å². The highest BCUT2D eigenvalue weighted by Gasteiger charge is 2.00. The van der Waals surface area contributed by atoms with E-state index in [-0.39, 0.29) is 0 Å². The molecule has 0 aliphatic carbocycles. The highest BCUT2D eigenvalue weighted by Crippen LogP contribution is 2.18. The zero-order valence-electron chi connectivity index (χ0n) is 6.81. The number of aromatic nitrogens is 1. The Morgan fingerprint density at radius 3 is 2.69 bits per heavy atom. The van der Waals surface area contributed by atoms with Crippen molar-refractivity contribution in [1.82, 2.24) is 4.57 Å². The van der Waals surface area contributed by atoms with E-state index >= 15 is 0 Å². The number of nitrogens with zero attached hydrogens (tertiary/aromatic N) is 1. The number of thiazole rings is 1. The zero-order chi connectivity index (χ0) is 9.26. The molecule has 0 radical (unpaired) electrons. The Morgan fingerprint density at radius 2 is 2.08 bits per heavy atom. The predicted octanol–water partition coefficient (Wildman–Crippen LogP) is 2.85. The number of hydrogen-bond donors (Lipinski definition) is 1. The van der Waals surface area contributed by atoms with Crippen LogP contribution in [0, 0.1) is 3.95 Å². The second-order valence-corrected chi connectivity index (χ2v) is 4.14. The van der Waals surface area contributed by atoms with Gasteiger partial charge in [-0.05, 0) is 24.4 Å². The van der Waals surface area contributed by atoms with Crippen LogP contribution in [0.5, 0.6) is 0 Å². The third-order valence-electron chi connectivity index (χ3n) is 1.77. The Bertz CT molecular complexity index is 470. The molecule has 4 heteroatoms. The molecule has 2 aromatic rings. The molecule has 1 aromatic heterocycles. The van der Waals surface area contributed by atoms with Crippen molar-refractivity contribution in [2.45, 2.75) is 0 Å². The van der Waals surface area contributed by atoms with Gasteiger partial charge in [0.1, 0.15) is 0 Å². The van der Waals surface area contributed by atoms with Crippen LogP contribution in [0.3, 0.4) is 0 Å². The average molecular weight is 208 g/mol. The maximum Gasteiger partial charge on any atom is 0.165 e. The molecular weight excluding hydrogens is 200 g/mol. The van der Waals surface area contributed by atoms with Gasteiger partial charge >= 0.3 is 0 Å². The van der Waals surface area contributed by atoms with Crippen LogP contribution in [-0.4, -0.2) is 4.57 Å². The molecule has 0 atom stereocenters. The maximum absolute atomic E-state index is 5.82. The number of benzene rings is 1. The number of nitrogens with two attached hydrogens (primary N) is 1. The lowest BCUT2D eigenvalue weighted by molar-refractivity contribution is 1.07. The first-order valence-electron chi connectivity index (χ1n) is 3.80. The van der Waals surface area contributed by atoms with E-state index in [1.165, 1.54) is 11.3 Å². The van der Waals surface area contributed by atoms with Crippen molar-refractivity contribution >= 4 is 29.2 Å².